The van der Waals surface area contributed by atoms with Crippen LogP contribution in [0.5, 0.6) is 5.75 Å². The Morgan fingerprint density at radius 1 is 0.714 bits per heavy atom. The molecular formula is C25H42O3. The van der Waals surface area contributed by atoms with Crippen LogP contribution in [-0.2, 0) is 4.74 Å². The molecule has 0 saturated heterocycles. The second-order valence-corrected chi connectivity index (χ2v) is 7.96. The van der Waals surface area contributed by atoms with Crippen LogP contribution in [0.25, 0.3) is 0 Å². The van der Waals surface area contributed by atoms with Crippen LogP contribution in [0.15, 0.2) is 24.3 Å². The molecular weight excluding hydrogens is 348 g/mol. The molecule has 0 aliphatic rings. The second-order valence-electron chi connectivity index (χ2n) is 7.96. The number of carbonyl (C=O) groups excluding carboxylic acids is 1. The number of ether oxygens (including phenoxy) is 1. The lowest BCUT2D eigenvalue weighted by Gasteiger charge is -2.06. The molecule has 0 amide bonds. The summed E-state index contributed by atoms with van der Waals surface area (Å²) in [4.78, 5) is 11.8. The van der Waals surface area contributed by atoms with Crippen molar-refractivity contribution < 1.29 is 14.6 Å². The Morgan fingerprint density at radius 2 is 1.14 bits per heavy atom. The smallest absolute Gasteiger partial charge is 0.341 e. The summed E-state index contributed by atoms with van der Waals surface area (Å²) in [5.74, 6) is -0.446. The number of aromatic hydroxyl groups is 1. The molecule has 1 aromatic carbocycles. The molecule has 3 heteroatoms. The third kappa shape index (κ3) is 12.8. The molecule has 0 unspecified atom stereocenters. The number of hydrogen-bond acceptors (Lipinski definition) is 3. The van der Waals surface area contributed by atoms with E-state index in [1.54, 1.807) is 18.2 Å². The summed E-state index contributed by atoms with van der Waals surface area (Å²) < 4.78 is 5.23. The van der Waals surface area contributed by atoms with Crippen LogP contribution < -0.4 is 0 Å². The maximum absolute atomic E-state index is 11.8. The molecule has 0 aliphatic carbocycles. The molecule has 3 nitrogen and oxygen atoms in total. The van der Waals surface area contributed by atoms with Gasteiger partial charge in [-0.25, -0.2) is 4.79 Å². The first-order valence-electron chi connectivity index (χ1n) is 11.7. The lowest BCUT2D eigenvalue weighted by atomic mass is 10.0. The van der Waals surface area contributed by atoms with E-state index in [-0.39, 0.29) is 11.3 Å². The minimum absolute atomic E-state index is 0.0144. The zero-order valence-electron chi connectivity index (χ0n) is 18.1. The zero-order chi connectivity index (χ0) is 20.3. The van der Waals surface area contributed by atoms with Crippen molar-refractivity contribution in [1.82, 2.24) is 0 Å². The molecule has 160 valence electrons. The van der Waals surface area contributed by atoms with Gasteiger partial charge in [-0.3, -0.25) is 0 Å². The monoisotopic (exact) mass is 390 g/mol. The van der Waals surface area contributed by atoms with Crippen molar-refractivity contribution >= 4 is 5.97 Å². The van der Waals surface area contributed by atoms with Gasteiger partial charge in [-0.2, -0.15) is 0 Å². The minimum Gasteiger partial charge on any atom is -0.507 e. The molecule has 1 rings (SSSR count). The molecule has 0 saturated carbocycles. The molecule has 1 aromatic rings. The lowest BCUT2D eigenvalue weighted by Crippen LogP contribution is -2.06. The third-order valence-corrected chi connectivity index (χ3v) is 5.36. The summed E-state index contributed by atoms with van der Waals surface area (Å²) in [6.45, 7) is 2.71. The first-order valence-corrected chi connectivity index (χ1v) is 11.7. The highest BCUT2D eigenvalue weighted by Crippen LogP contribution is 2.17. The van der Waals surface area contributed by atoms with Gasteiger partial charge in [0.15, 0.2) is 0 Å². The summed E-state index contributed by atoms with van der Waals surface area (Å²) in [5, 5.41) is 9.62. The average molecular weight is 391 g/mol. The quantitative estimate of drug-likeness (QED) is 0.205. The molecule has 0 heterocycles. The van der Waals surface area contributed by atoms with Crippen LogP contribution >= 0.6 is 0 Å². The molecule has 0 radical (unpaired) electrons. The molecule has 28 heavy (non-hydrogen) atoms. The fraction of sp³-hybridized carbons (Fsp3) is 0.720. The predicted octanol–water partition coefficient (Wildman–Crippen LogP) is 7.81. The van der Waals surface area contributed by atoms with Crippen molar-refractivity contribution in [3.63, 3.8) is 0 Å². The number of para-hydroxylation sites is 1. The van der Waals surface area contributed by atoms with Gasteiger partial charge < -0.3 is 9.84 Å². The van der Waals surface area contributed by atoms with Gasteiger partial charge in [-0.1, -0.05) is 115 Å². The Balaban J connectivity index is 1.80. The van der Waals surface area contributed by atoms with E-state index in [1.165, 1.54) is 96.0 Å². The summed E-state index contributed by atoms with van der Waals surface area (Å²) in [5.41, 5.74) is 0.249. The van der Waals surface area contributed by atoms with E-state index in [1.807, 2.05) is 0 Å². The van der Waals surface area contributed by atoms with Crippen LogP contribution in [0, 0.1) is 0 Å². The van der Waals surface area contributed by atoms with Crippen LogP contribution in [0.1, 0.15) is 120 Å². The molecule has 0 aromatic heterocycles. The van der Waals surface area contributed by atoms with Gasteiger partial charge >= 0.3 is 5.97 Å². The van der Waals surface area contributed by atoms with Crippen molar-refractivity contribution in [2.75, 3.05) is 6.61 Å². The molecule has 1 N–H and O–H groups in total. The van der Waals surface area contributed by atoms with Gasteiger partial charge in [0.2, 0.25) is 0 Å². The number of rotatable bonds is 18. The van der Waals surface area contributed by atoms with Crippen molar-refractivity contribution in [3.05, 3.63) is 29.8 Å². The highest BCUT2D eigenvalue weighted by molar-refractivity contribution is 5.92. The fourth-order valence-corrected chi connectivity index (χ4v) is 3.54. The maximum Gasteiger partial charge on any atom is 0.341 e. The van der Waals surface area contributed by atoms with Crippen LogP contribution in [-0.4, -0.2) is 17.7 Å². The highest BCUT2D eigenvalue weighted by Gasteiger charge is 2.10. The normalized spacial score (nSPS) is 10.9. The molecule has 0 spiro atoms. The maximum atomic E-state index is 11.8. The fourth-order valence-electron chi connectivity index (χ4n) is 3.54. The Kier molecular flexibility index (Phi) is 15.4. The minimum atomic E-state index is -0.431. The predicted molar refractivity (Wildman–Crippen MR) is 118 cm³/mol. The Hall–Kier alpha value is -1.51. The summed E-state index contributed by atoms with van der Waals surface area (Å²) in [6, 6.07) is 6.52. The van der Waals surface area contributed by atoms with Crippen molar-refractivity contribution in [3.8, 4) is 5.75 Å². The summed E-state index contributed by atoms with van der Waals surface area (Å²) in [7, 11) is 0. The molecule has 0 fully saturated rings. The van der Waals surface area contributed by atoms with E-state index < -0.39 is 5.97 Å². The number of unbranched alkanes of at least 4 members (excludes halogenated alkanes) is 15. The van der Waals surface area contributed by atoms with Crippen molar-refractivity contribution in [2.45, 2.75) is 110 Å². The topological polar surface area (TPSA) is 46.5 Å². The summed E-state index contributed by atoms with van der Waals surface area (Å²) in [6.07, 6.45) is 21.3. The Labute approximate surface area is 172 Å². The molecule has 0 atom stereocenters. The number of benzene rings is 1. The van der Waals surface area contributed by atoms with Gasteiger partial charge in [-0.05, 0) is 18.6 Å². The van der Waals surface area contributed by atoms with Gasteiger partial charge in [0.25, 0.3) is 0 Å². The number of phenolic OH excluding ortho intramolecular Hbond substituents is 1. The van der Waals surface area contributed by atoms with Crippen LogP contribution in [0.3, 0.4) is 0 Å². The molecule has 0 bridgehead atoms. The van der Waals surface area contributed by atoms with E-state index in [0.717, 1.165) is 12.8 Å². The van der Waals surface area contributed by atoms with Crippen LogP contribution in [0.4, 0.5) is 0 Å². The zero-order valence-corrected chi connectivity index (χ0v) is 18.1. The van der Waals surface area contributed by atoms with Crippen molar-refractivity contribution in [2.24, 2.45) is 0 Å². The van der Waals surface area contributed by atoms with E-state index in [4.69, 9.17) is 4.74 Å². The number of esters is 1. The van der Waals surface area contributed by atoms with E-state index in [0.29, 0.717) is 6.61 Å². The van der Waals surface area contributed by atoms with Gasteiger partial charge in [-0.15, -0.1) is 0 Å². The first kappa shape index (κ1) is 24.5. The van der Waals surface area contributed by atoms with E-state index in [2.05, 4.69) is 6.92 Å². The van der Waals surface area contributed by atoms with Crippen LogP contribution in [0.2, 0.25) is 0 Å². The SMILES string of the molecule is CCCCCCCCCCCCCCCCCCOC(=O)c1ccccc1O. The average Bonchev–Trinajstić information content (AvgIpc) is 2.70. The number of carbonyl (C=O) groups is 1. The third-order valence-electron chi connectivity index (χ3n) is 5.36. The standard InChI is InChI=1S/C25H42O3/c1-2-3-4-5-6-7-8-9-10-11-12-13-14-15-16-19-22-28-25(27)23-20-17-18-21-24(23)26/h17-18,20-21,26H,2-16,19,22H2,1H3. The van der Waals surface area contributed by atoms with Gasteiger partial charge in [0, 0.05) is 0 Å². The molecule has 0 aliphatic heterocycles. The van der Waals surface area contributed by atoms with E-state index >= 15 is 0 Å². The first-order chi connectivity index (χ1) is 13.8. The van der Waals surface area contributed by atoms with Crippen molar-refractivity contribution in [1.29, 1.82) is 0 Å². The Morgan fingerprint density at radius 3 is 1.61 bits per heavy atom. The largest absolute Gasteiger partial charge is 0.507 e. The van der Waals surface area contributed by atoms with E-state index in [9.17, 15) is 9.90 Å². The summed E-state index contributed by atoms with van der Waals surface area (Å²) >= 11 is 0. The highest BCUT2D eigenvalue weighted by atomic mass is 16.5. The lowest BCUT2D eigenvalue weighted by molar-refractivity contribution is 0.0494. The number of phenols is 1. The van der Waals surface area contributed by atoms with Gasteiger partial charge in [0.1, 0.15) is 11.3 Å². The second kappa shape index (κ2) is 17.6. The Bertz CT molecular complexity index is 498. The number of hydrogen-bond donors (Lipinski definition) is 1. The van der Waals surface area contributed by atoms with Gasteiger partial charge in [0.05, 0.1) is 6.61 Å².